The Labute approximate surface area is 154 Å². The van der Waals surface area contributed by atoms with Crippen LogP contribution in [0.1, 0.15) is 30.5 Å². The zero-order valence-electron chi connectivity index (χ0n) is 14.3. The molecule has 0 saturated heterocycles. The third-order valence-corrected chi connectivity index (χ3v) is 5.42. The Hall–Kier alpha value is -2.07. The van der Waals surface area contributed by atoms with Gasteiger partial charge in [0.15, 0.2) is 0 Å². The molecule has 128 valence electrons. The molecule has 2 aromatic carbocycles. The molecule has 0 unspecified atom stereocenters. The second-order valence-electron chi connectivity index (χ2n) is 6.27. The molecule has 4 heteroatoms. The molecule has 0 bridgehead atoms. The summed E-state index contributed by atoms with van der Waals surface area (Å²) >= 11 is 3.51. The molecule has 0 N–H and O–H groups in total. The van der Waals surface area contributed by atoms with E-state index in [2.05, 4.69) is 41.9 Å². The molecule has 0 spiro atoms. The van der Waals surface area contributed by atoms with Crippen molar-refractivity contribution in [1.82, 2.24) is 0 Å². The lowest BCUT2D eigenvalue weighted by molar-refractivity contribution is 0.358. The van der Waals surface area contributed by atoms with E-state index in [9.17, 15) is 4.79 Å². The largest absolute Gasteiger partial charge is 0.492 e. The van der Waals surface area contributed by atoms with Gasteiger partial charge < -0.3 is 9.15 Å². The number of hydrogen-bond donors (Lipinski definition) is 0. The monoisotopic (exact) mass is 398 g/mol. The van der Waals surface area contributed by atoms with E-state index < -0.39 is 0 Å². The van der Waals surface area contributed by atoms with Gasteiger partial charge in [0, 0.05) is 33.5 Å². The molecule has 25 heavy (non-hydrogen) atoms. The molecule has 0 radical (unpaired) electrons. The quantitative estimate of drug-likeness (QED) is 0.563. The van der Waals surface area contributed by atoms with E-state index >= 15 is 0 Å². The molecule has 3 nitrogen and oxygen atoms in total. The van der Waals surface area contributed by atoms with Crippen molar-refractivity contribution in [3.8, 4) is 16.9 Å². The number of ether oxygens (including phenoxy) is 1. The first-order chi connectivity index (χ1) is 12.1. The average Bonchev–Trinajstić information content (AvgIpc) is 3.10. The van der Waals surface area contributed by atoms with Crippen LogP contribution in [0.2, 0.25) is 0 Å². The predicted octanol–water partition coefficient (Wildman–Crippen LogP) is 5.28. The lowest BCUT2D eigenvalue weighted by Gasteiger charge is -2.18. The fraction of sp³-hybridized carbons (Fsp3) is 0.286. The van der Waals surface area contributed by atoms with Gasteiger partial charge in [-0.15, -0.1) is 0 Å². The van der Waals surface area contributed by atoms with Crippen molar-refractivity contribution in [2.75, 3.05) is 6.61 Å². The third kappa shape index (κ3) is 2.60. The second-order valence-corrected chi connectivity index (χ2v) is 7.18. The molecule has 1 aliphatic rings. The first-order valence-corrected chi connectivity index (χ1v) is 9.46. The molecule has 4 rings (SSSR count). The van der Waals surface area contributed by atoms with Crippen molar-refractivity contribution in [3.05, 3.63) is 61.9 Å². The topological polar surface area (TPSA) is 39.4 Å². The van der Waals surface area contributed by atoms with E-state index in [0.29, 0.717) is 6.61 Å². The van der Waals surface area contributed by atoms with Crippen LogP contribution in [-0.4, -0.2) is 6.61 Å². The van der Waals surface area contributed by atoms with Gasteiger partial charge >= 0.3 is 5.63 Å². The van der Waals surface area contributed by atoms with E-state index in [0.717, 1.165) is 62.7 Å². The number of benzene rings is 2. The van der Waals surface area contributed by atoms with Gasteiger partial charge in [-0.1, -0.05) is 41.9 Å². The van der Waals surface area contributed by atoms with Gasteiger partial charge in [-0.2, -0.15) is 0 Å². The SMILES string of the molecule is CCc1cc(=O)oc2c3c(c(-c4ccc(Br)cc4)c(CC)c12)OCC3. The van der Waals surface area contributed by atoms with E-state index in [-0.39, 0.29) is 5.63 Å². The lowest BCUT2D eigenvalue weighted by atomic mass is 9.88. The number of halogens is 1. The maximum Gasteiger partial charge on any atom is 0.336 e. The first kappa shape index (κ1) is 16.4. The molecule has 3 aromatic rings. The van der Waals surface area contributed by atoms with Gasteiger partial charge in [0.2, 0.25) is 0 Å². The molecule has 0 fully saturated rings. The van der Waals surface area contributed by atoms with Crippen LogP contribution in [-0.2, 0) is 19.3 Å². The van der Waals surface area contributed by atoms with Crippen molar-refractivity contribution >= 4 is 26.9 Å². The van der Waals surface area contributed by atoms with Crippen molar-refractivity contribution in [2.45, 2.75) is 33.1 Å². The van der Waals surface area contributed by atoms with Gasteiger partial charge in [0.05, 0.1) is 6.61 Å². The van der Waals surface area contributed by atoms with Crippen LogP contribution >= 0.6 is 15.9 Å². The van der Waals surface area contributed by atoms with E-state index in [1.807, 2.05) is 12.1 Å². The van der Waals surface area contributed by atoms with Crippen LogP contribution in [0.15, 0.2) is 44.0 Å². The lowest BCUT2D eigenvalue weighted by Crippen LogP contribution is -2.05. The van der Waals surface area contributed by atoms with Gasteiger partial charge in [-0.25, -0.2) is 4.79 Å². The first-order valence-electron chi connectivity index (χ1n) is 8.67. The van der Waals surface area contributed by atoms with E-state index in [1.54, 1.807) is 6.07 Å². The second kappa shape index (κ2) is 6.34. The molecule has 0 atom stereocenters. The third-order valence-electron chi connectivity index (χ3n) is 4.89. The Kier molecular flexibility index (Phi) is 4.16. The van der Waals surface area contributed by atoms with Crippen LogP contribution in [0, 0.1) is 0 Å². The highest BCUT2D eigenvalue weighted by atomic mass is 79.9. The average molecular weight is 399 g/mol. The van der Waals surface area contributed by atoms with Gasteiger partial charge in [-0.3, -0.25) is 0 Å². The number of aryl methyl sites for hydroxylation is 2. The van der Waals surface area contributed by atoms with Crippen LogP contribution in [0.4, 0.5) is 0 Å². The fourth-order valence-corrected chi connectivity index (χ4v) is 4.06. The van der Waals surface area contributed by atoms with Crippen molar-refractivity contribution in [3.63, 3.8) is 0 Å². The highest BCUT2D eigenvalue weighted by molar-refractivity contribution is 9.10. The molecule has 0 aliphatic carbocycles. The Morgan fingerprint density at radius 3 is 2.56 bits per heavy atom. The highest BCUT2D eigenvalue weighted by Crippen LogP contribution is 2.46. The van der Waals surface area contributed by atoms with Crippen molar-refractivity contribution in [2.24, 2.45) is 0 Å². The van der Waals surface area contributed by atoms with Crippen molar-refractivity contribution in [1.29, 1.82) is 0 Å². The number of hydrogen-bond acceptors (Lipinski definition) is 3. The summed E-state index contributed by atoms with van der Waals surface area (Å²) in [5.41, 5.74) is 5.98. The zero-order chi connectivity index (χ0) is 17.6. The number of rotatable bonds is 3. The van der Waals surface area contributed by atoms with E-state index in [4.69, 9.17) is 9.15 Å². The van der Waals surface area contributed by atoms with Crippen LogP contribution < -0.4 is 10.4 Å². The molecule has 1 aliphatic heterocycles. The van der Waals surface area contributed by atoms with Crippen LogP contribution in [0.25, 0.3) is 22.1 Å². The van der Waals surface area contributed by atoms with Gasteiger partial charge in [0.25, 0.3) is 0 Å². The summed E-state index contributed by atoms with van der Waals surface area (Å²) in [6.07, 6.45) is 2.42. The summed E-state index contributed by atoms with van der Waals surface area (Å²) in [5, 5.41) is 1.09. The summed E-state index contributed by atoms with van der Waals surface area (Å²) in [4.78, 5) is 12.0. The minimum atomic E-state index is -0.281. The van der Waals surface area contributed by atoms with Crippen LogP contribution in [0.3, 0.4) is 0 Å². The summed E-state index contributed by atoms with van der Waals surface area (Å²) in [7, 11) is 0. The minimum Gasteiger partial charge on any atom is -0.492 e. The summed E-state index contributed by atoms with van der Waals surface area (Å²) in [6, 6.07) is 9.95. The molecule has 1 aromatic heterocycles. The Bertz CT molecular complexity index is 1020. The molecule has 0 amide bonds. The zero-order valence-corrected chi connectivity index (χ0v) is 15.9. The van der Waals surface area contributed by atoms with E-state index in [1.165, 1.54) is 5.56 Å². The standard InChI is InChI=1S/C21H19BrO3/c1-3-12-11-17(23)25-21-16-9-10-24-20(16)19(15(4-2)18(12)21)13-5-7-14(22)8-6-13/h5-8,11H,3-4,9-10H2,1-2H3. The molecular formula is C21H19BrO3. The van der Waals surface area contributed by atoms with Gasteiger partial charge in [0.1, 0.15) is 11.3 Å². The summed E-state index contributed by atoms with van der Waals surface area (Å²) in [5.74, 6) is 0.878. The maximum absolute atomic E-state index is 12.0. The molecule has 0 saturated carbocycles. The minimum absolute atomic E-state index is 0.281. The Morgan fingerprint density at radius 2 is 1.88 bits per heavy atom. The fourth-order valence-electron chi connectivity index (χ4n) is 3.80. The smallest absolute Gasteiger partial charge is 0.336 e. The van der Waals surface area contributed by atoms with Crippen molar-refractivity contribution < 1.29 is 9.15 Å². The normalized spacial score (nSPS) is 13.1. The van der Waals surface area contributed by atoms with Gasteiger partial charge in [-0.05, 0) is 41.7 Å². The Balaban J connectivity index is 2.18. The summed E-state index contributed by atoms with van der Waals surface area (Å²) < 4.78 is 12.7. The highest BCUT2D eigenvalue weighted by Gasteiger charge is 2.27. The Morgan fingerprint density at radius 1 is 1.12 bits per heavy atom. The maximum atomic E-state index is 12.0. The molecular weight excluding hydrogens is 380 g/mol. The number of fused-ring (bicyclic) bond motifs is 3. The predicted molar refractivity (Wildman–Crippen MR) is 104 cm³/mol. The summed E-state index contributed by atoms with van der Waals surface area (Å²) in [6.45, 7) is 4.85. The van der Waals surface area contributed by atoms with Crippen LogP contribution in [0.5, 0.6) is 5.75 Å². The molecule has 2 heterocycles.